The first kappa shape index (κ1) is 21.3. The molecule has 2 aliphatic rings. The smallest absolute Gasteiger partial charge is 0.317 e. The van der Waals surface area contributed by atoms with Gasteiger partial charge in [0.05, 0.1) is 6.20 Å². The molecular weight excluding hydrogens is 397 g/mol. The lowest BCUT2D eigenvalue weighted by Gasteiger charge is -2.26. The highest BCUT2D eigenvalue weighted by Crippen LogP contribution is 2.29. The van der Waals surface area contributed by atoms with Crippen molar-refractivity contribution in [3.05, 3.63) is 53.6 Å². The molecule has 1 saturated carbocycles. The molecule has 0 spiro atoms. The number of benzene rings is 1. The Kier molecular flexibility index (Phi) is 6.53. The van der Waals surface area contributed by atoms with Gasteiger partial charge in [0.1, 0.15) is 5.82 Å². The van der Waals surface area contributed by atoms with E-state index in [1.807, 2.05) is 29.0 Å². The number of hydrogen-bond acceptors (Lipinski definition) is 3. The van der Waals surface area contributed by atoms with Crippen LogP contribution in [0.1, 0.15) is 41.6 Å². The molecule has 1 aromatic carbocycles. The number of urea groups is 1. The van der Waals surface area contributed by atoms with Crippen LogP contribution in [0.15, 0.2) is 36.7 Å². The van der Waals surface area contributed by atoms with E-state index >= 15 is 0 Å². The fourth-order valence-electron chi connectivity index (χ4n) is 4.70. The number of aromatic nitrogens is 2. The average Bonchev–Trinajstić information content (AvgIpc) is 3.28. The van der Waals surface area contributed by atoms with Crippen LogP contribution in [-0.4, -0.2) is 63.7 Å². The number of nitrogens with zero attached hydrogens (tertiary/aromatic N) is 4. The van der Waals surface area contributed by atoms with E-state index in [2.05, 4.69) is 10.4 Å². The highest BCUT2D eigenvalue weighted by Gasteiger charge is 2.31. The third-order valence-corrected chi connectivity index (χ3v) is 6.39. The summed E-state index contributed by atoms with van der Waals surface area (Å²) in [5, 5.41) is 7.50. The van der Waals surface area contributed by atoms with Crippen molar-refractivity contribution in [2.75, 3.05) is 26.2 Å². The molecule has 31 heavy (non-hydrogen) atoms. The molecule has 3 amide bonds. The van der Waals surface area contributed by atoms with Gasteiger partial charge in [-0.1, -0.05) is 6.42 Å². The zero-order valence-corrected chi connectivity index (χ0v) is 18.0. The summed E-state index contributed by atoms with van der Waals surface area (Å²) < 4.78 is 14.9. The highest BCUT2D eigenvalue weighted by atomic mass is 19.1. The Morgan fingerprint density at radius 3 is 2.55 bits per heavy atom. The van der Waals surface area contributed by atoms with Crippen molar-refractivity contribution in [3.63, 3.8) is 0 Å². The number of amides is 3. The maximum absolute atomic E-state index is 13.1. The molecular formula is C23H30FN5O2. The van der Waals surface area contributed by atoms with Crippen LogP contribution in [0.3, 0.4) is 0 Å². The molecule has 2 aromatic rings. The molecule has 0 bridgehead atoms. The van der Waals surface area contributed by atoms with Crippen LogP contribution >= 0.6 is 0 Å². The highest BCUT2D eigenvalue weighted by molar-refractivity contribution is 5.94. The number of aryl methyl sites for hydroxylation is 1. The van der Waals surface area contributed by atoms with Gasteiger partial charge in [-0.3, -0.25) is 9.48 Å². The van der Waals surface area contributed by atoms with Crippen LogP contribution in [-0.2, 0) is 13.5 Å². The molecule has 4 rings (SSSR count). The summed E-state index contributed by atoms with van der Waals surface area (Å²) in [6.07, 6.45) is 8.83. The van der Waals surface area contributed by atoms with Gasteiger partial charge >= 0.3 is 6.03 Å². The second kappa shape index (κ2) is 9.49. The Bertz CT molecular complexity index is 913. The fourth-order valence-corrected chi connectivity index (χ4v) is 4.70. The Hall–Kier alpha value is -2.90. The lowest BCUT2D eigenvalue weighted by Crippen LogP contribution is -2.47. The number of nitrogens with one attached hydrogen (secondary N) is 1. The van der Waals surface area contributed by atoms with Crippen molar-refractivity contribution < 1.29 is 14.0 Å². The topological polar surface area (TPSA) is 70.5 Å². The van der Waals surface area contributed by atoms with E-state index in [1.165, 1.54) is 29.8 Å². The van der Waals surface area contributed by atoms with Gasteiger partial charge in [-0.2, -0.15) is 5.10 Å². The second-order valence-electron chi connectivity index (χ2n) is 8.61. The standard InChI is InChI=1S/C23H30FN5O2/c1-27-16-17(15-25-27)14-19-4-2-5-21(19)26-23(31)29-11-3-10-28(12-13-29)22(30)18-6-8-20(24)9-7-18/h6-9,15-16,19,21H,2-5,10-14H2,1H3,(H,26,31). The molecule has 1 N–H and O–H groups in total. The molecule has 2 heterocycles. The molecule has 1 aliphatic heterocycles. The maximum atomic E-state index is 13.1. The summed E-state index contributed by atoms with van der Waals surface area (Å²) in [5.41, 5.74) is 1.68. The summed E-state index contributed by atoms with van der Waals surface area (Å²) in [7, 11) is 1.92. The van der Waals surface area contributed by atoms with E-state index in [0.29, 0.717) is 37.7 Å². The van der Waals surface area contributed by atoms with Crippen molar-refractivity contribution in [1.82, 2.24) is 24.9 Å². The third kappa shape index (κ3) is 5.24. The predicted octanol–water partition coefficient (Wildman–Crippen LogP) is 2.83. The Morgan fingerprint density at radius 2 is 1.81 bits per heavy atom. The number of carbonyl (C=O) groups excluding carboxylic acids is 2. The fraction of sp³-hybridized carbons (Fsp3) is 0.522. The molecule has 166 valence electrons. The molecule has 2 unspecified atom stereocenters. The Morgan fingerprint density at radius 1 is 1.06 bits per heavy atom. The minimum Gasteiger partial charge on any atom is -0.337 e. The largest absolute Gasteiger partial charge is 0.337 e. The molecule has 1 aliphatic carbocycles. The lowest BCUT2D eigenvalue weighted by molar-refractivity contribution is 0.0762. The van der Waals surface area contributed by atoms with E-state index in [1.54, 1.807) is 4.90 Å². The second-order valence-corrected chi connectivity index (χ2v) is 8.61. The number of halogens is 1. The lowest BCUT2D eigenvalue weighted by atomic mass is 9.96. The molecule has 7 nitrogen and oxygen atoms in total. The van der Waals surface area contributed by atoms with Crippen LogP contribution in [0.2, 0.25) is 0 Å². The van der Waals surface area contributed by atoms with Gasteiger partial charge in [-0.15, -0.1) is 0 Å². The summed E-state index contributed by atoms with van der Waals surface area (Å²) in [6, 6.07) is 5.75. The van der Waals surface area contributed by atoms with E-state index in [0.717, 1.165) is 32.1 Å². The van der Waals surface area contributed by atoms with Gasteiger partial charge in [-0.05, 0) is 61.4 Å². The zero-order valence-electron chi connectivity index (χ0n) is 18.0. The number of carbonyl (C=O) groups is 2. The minimum atomic E-state index is -0.357. The number of hydrogen-bond donors (Lipinski definition) is 1. The SMILES string of the molecule is Cn1cc(CC2CCCC2NC(=O)N2CCCN(C(=O)c3ccc(F)cc3)CC2)cn1. The monoisotopic (exact) mass is 427 g/mol. The summed E-state index contributed by atoms with van der Waals surface area (Å²) in [6.45, 7) is 2.19. The van der Waals surface area contributed by atoms with Crippen LogP contribution in [0.25, 0.3) is 0 Å². The van der Waals surface area contributed by atoms with Crippen molar-refractivity contribution in [1.29, 1.82) is 0 Å². The van der Waals surface area contributed by atoms with Gasteiger partial charge < -0.3 is 15.1 Å². The van der Waals surface area contributed by atoms with Gasteiger partial charge in [0.15, 0.2) is 0 Å². The van der Waals surface area contributed by atoms with Crippen LogP contribution < -0.4 is 5.32 Å². The average molecular weight is 428 g/mol. The van der Waals surface area contributed by atoms with E-state index in [9.17, 15) is 14.0 Å². The molecule has 1 aromatic heterocycles. The first-order chi connectivity index (χ1) is 15.0. The van der Waals surface area contributed by atoms with Gasteiger partial charge in [0, 0.05) is 51.0 Å². The zero-order chi connectivity index (χ0) is 21.8. The van der Waals surface area contributed by atoms with Crippen molar-refractivity contribution in [2.24, 2.45) is 13.0 Å². The Balaban J connectivity index is 1.31. The van der Waals surface area contributed by atoms with Crippen LogP contribution in [0.5, 0.6) is 0 Å². The molecule has 0 radical (unpaired) electrons. The molecule has 1 saturated heterocycles. The third-order valence-electron chi connectivity index (χ3n) is 6.39. The summed E-state index contributed by atoms with van der Waals surface area (Å²) >= 11 is 0. The molecule has 8 heteroatoms. The molecule has 2 fully saturated rings. The van der Waals surface area contributed by atoms with E-state index in [4.69, 9.17) is 0 Å². The molecule has 2 atom stereocenters. The first-order valence-electron chi connectivity index (χ1n) is 11.1. The quantitative estimate of drug-likeness (QED) is 0.816. The van der Waals surface area contributed by atoms with E-state index in [-0.39, 0.29) is 23.8 Å². The summed E-state index contributed by atoms with van der Waals surface area (Å²) in [4.78, 5) is 29.2. The minimum absolute atomic E-state index is 0.0424. The van der Waals surface area contributed by atoms with Gasteiger partial charge in [-0.25, -0.2) is 9.18 Å². The van der Waals surface area contributed by atoms with Crippen molar-refractivity contribution in [2.45, 2.75) is 38.1 Å². The first-order valence-corrected chi connectivity index (χ1v) is 11.1. The normalized spacial score (nSPS) is 21.7. The summed E-state index contributed by atoms with van der Waals surface area (Å²) in [5.74, 6) is -0.0460. The number of rotatable bonds is 4. The Labute approximate surface area is 182 Å². The maximum Gasteiger partial charge on any atom is 0.317 e. The van der Waals surface area contributed by atoms with Crippen molar-refractivity contribution in [3.8, 4) is 0 Å². The van der Waals surface area contributed by atoms with Crippen LogP contribution in [0, 0.1) is 11.7 Å². The predicted molar refractivity (Wildman–Crippen MR) is 115 cm³/mol. The van der Waals surface area contributed by atoms with Gasteiger partial charge in [0.2, 0.25) is 0 Å². The van der Waals surface area contributed by atoms with Gasteiger partial charge in [0.25, 0.3) is 5.91 Å². The van der Waals surface area contributed by atoms with Crippen molar-refractivity contribution >= 4 is 11.9 Å². The van der Waals surface area contributed by atoms with E-state index < -0.39 is 0 Å². The van der Waals surface area contributed by atoms with Crippen LogP contribution in [0.4, 0.5) is 9.18 Å².